The molecule has 4 rings (SSSR count). The van der Waals surface area contributed by atoms with Crippen molar-refractivity contribution in [1.82, 2.24) is 4.90 Å². The van der Waals surface area contributed by atoms with E-state index < -0.39 is 0 Å². The summed E-state index contributed by atoms with van der Waals surface area (Å²) in [6, 6.07) is 25.2. The molecule has 150 valence electrons. The molecule has 1 aliphatic heterocycles. The SMILES string of the molecule is Cc1ccc(SC2=C(Nc3ccc(I)cc3)C(=O)N(Cc3ccccc3)C2=O)cc1. The molecule has 0 atom stereocenters. The van der Waals surface area contributed by atoms with Crippen molar-refractivity contribution in [3.8, 4) is 0 Å². The van der Waals surface area contributed by atoms with Crippen LogP contribution in [0, 0.1) is 10.5 Å². The summed E-state index contributed by atoms with van der Waals surface area (Å²) < 4.78 is 1.10. The summed E-state index contributed by atoms with van der Waals surface area (Å²) in [4.78, 5) is 29.1. The molecule has 4 nitrogen and oxygen atoms in total. The number of benzene rings is 3. The van der Waals surface area contributed by atoms with Crippen LogP contribution in [-0.4, -0.2) is 16.7 Å². The molecule has 6 heteroatoms. The number of carbonyl (C=O) groups excluding carboxylic acids is 2. The van der Waals surface area contributed by atoms with Crippen LogP contribution in [-0.2, 0) is 16.1 Å². The summed E-state index contributed by atoms with van der Waals surface area (Å²) in [7, 11) is 0. The van der Waals surface area contributed by atoms with Crippen LogP contribution in [0.15, 0.2) is 94.4 Å². The van der Waals surface area contributed by atoms with Crippen molar-refractivity contribution in [1.29, 1.82) is 0 Å². The lowest BCUT2D eigenvalue weighted by Crippen LogP contribution is -2.31. The van der Waals surface area contributed by atoms with Gasteiger partial charge in [0.15, 0.2) is 0 Å². The Morgan fingerprint density at radius 2 is 1.53 bits per heavy atom. The summed E-state index contributed by atoms with van der Waals surface area (Å²) in [5, 5.41) is 3.19. The highest BCUT2D eigenvalue weighted by atomic mass is 127. The Morgan fingerprint density at radius 1 is 0.867 bits per heavy atom. The fourth-order valence-electron chi connectivity index (χ4n) is 3.07. The first kappa shape index (κ1) is 20.7. The smallest absolute Gasteiger partial charge is 0.278 e. The van der Waals surface area contributed by atoms with Gasteiger partial charge in [-0.25, -0.2) is 0 Å². The van der Waals surface area contributed by atoms with Crippen LogP contribution in [0.25, 0.3) is 0 Å². The first-order chi connectivity index (χ1) is 14.5. The average molecular weight is 526 g/mol. The number of hydrogen-bond donors (Lipinski definition) is 1. The zero-order valence-electron chi connectivity index (χ0n) is 16.3. The molecule has 3 aromatic rings. The van der Waals surface area contributed by atoms with Crippen LogP contribution in [0.4, 0.5) is 5.69 Å². The fraction of sp³-hybridized carbons (Fsp3) is 0.0833. The molecule has 0 aromatic heterocycles. The van der Waals surface area contributed by atoms with Gasteiger partial charge in [0.1, 0.15) is 10.6 Å². The second-order valence-electron chi connectivity index (χ2n) is 6.93. The number of anilines is 1. The molecule has 1 N–H and O–H groups in total. The Morgan fingerprint density at radius 3 is 2.20 bits per heavy atom. The number of carbonyl (C=O) groups is 2. The number of imide groups is 1. The summed E-state index contributed by atoms with van der Waals surface area (Å²) >= 11 is 3.55. The van der Waals surface area contributed by atoms with E-state index in [2.05, 4.69) is 27.9 Å². The third-order valence-corrected chi connectivity index (χ3v) is 6.47. The molecule has 30 heavy (non-hydrogen) atoms. The number of amides is 2. The van der Waals surface area contributed by atoms with E-state index in [-0.39, 0.29) is 18.4 Å². The number of hydrogen-bond acceptors (Lipinski definition) is 4. The number of halogens is 1. The van der Waals surface area contributed by atoms with Gasteiger partial charge in [0.2, 0.25) is 0 Å². The van der Waals surface area contributed by atoms with Gasteiger partial charge in [-0.2, -0.15) is 0 Å². The van der Waals surface area contributed by atoms with E-state index in [1.54, 1.807) is 0 Å². The van der Waals surface area contributed by atoms with E-state index in [0.29, 0.717) is 10.6 Å². The molecule has 0 saturated heterocycles. The summed E-state index contributed by atoms with van der Waals surface area (Å²) in [5.41, 5.74) is 3.15. The highest BCUT2D eigenvalue weighted by Crippen LogP contribution is 2.36. The highest BCUT2D eigenvalue weighted by molar-refractivity contribution is 14.1. The van der Waals surface area contributed by atoms with Gasteiger partial charge < -0.3 is 5.32 Å². The number of nitrogens with zero attached hydrogens (tertiary/aromatic N) is 1. The number of rotatable bonds is 6. The Hall–Kier alpha value is -2.58. The quantitative estimate of drug-likeness (QED) is 0.337. The summed E-state index contributed by atoms with van der Waals surface area (Å²) in [6.07, 6.45) is 0. The van der Waals surface area contributed by atoms with Crippen molar-refractivity contribution in [2.45, 2.75) is 18.4 Å². The number of thioether (sulfide) groups is 1. The van der Waals surface area contributed by atoms with Gasteiger partial charge in [0, 0.05) is 14.2 Å². The topological polar surface area (TPSA) is 49.4 Å². The van der Waals surface area contributed by atoms with Crippen LogP contribution in [0.2, 0.25) is 0 Å². The van der Waals surface area contributed by atoms with Gasteiger partial charge in [0.05, 0.1) is 6.54 Å². The standard InChI is InChI=1S/C24H19IN2O2S/c1-16-7-13-20(14-8-16)30-22-21(26-19-11-9-18(25)10-12-19)23(28)27(24(22)29)15-17-5-3-2-4-6-17/h2-14,26H,15H2,1H3. The third-order valence-electron chi connectivity index (χ3n) is 4.66. The Labute approximate surface area is 193 Å². The molecular formula is C24H19IN2O2S. The van der Waals surface area contributed by atoms with E-state index in [0.717, 1.165) is 25.3 Å². The molecule has 2 amide bonds. The predicted octanol–water partition coefficient (Wildman–Crippen LogP) is 5.58. The van der Waals surface area contributed by atoms with Crippen molar-refractivity contribution < 1.29 is 9.59 Å². The molecule has 3 aromatic carbocycles. The van der Waals surface area contributed by atoms with E-state index in [1.165, 1.54) is 16.7 Å². The second kappa shape index (κ2) is 9.06. The predicted molar refractivity (Wildman–Crippen MR) is 129 cm³/mol. The largest absolute Gasteiger partial charge is 0.350 e. The average Bonchev–Trinajstić information content (AvgIpc) is 2.96. The van der Waals surface area contributed by atoms with E-state index in [1.807, 2.05) is 85.8 Å². The molecule has 0 saturated carbocycles. The lowest BCUT2D eigenvalue weighted by molar-refractivity contribution is -0.137. The van der Waals surface area contributed by atoms with Gasteiger partial charge in [-0.1, -0.05) is 59.8 Å². The zero-order valence-corrected chi connectivity index (χ0v) is 19.2. The van der Waals surface area contributed by atoms with Crippen molar-refractivity contribution in [2.24, 2.45) is 0 Å². The third kappa shape index (κ3) is 4.60. The summed E-state index contributed by atoms with van der Waals surface area (Å²) in [6.45, 7) is 2.26. The zero-order chi connectivity index (χ0) is 21.1. The molecule has 0 fully saturated rings. The van der Waals surface area contributed by atoms with Crippen LogP contribution in [0.5, 0.6) is 0 Å². The van der Waals surface area contributed by atoms with Gasteiger partial charge in [-0.15, -0.1) is 0 Å². The van der Waals surface area contributed by atoms with Gasteiger partial charge in [-0.3, -0.25) is 14.5 Å². The highest BCUT2D eigenvalue weighted by Gasteiger charge is 2.39. The minimum Gasteiger partial charge on any atom is -0.350 e. The van der Waals surface area contributed by atoms with Gasteiger partial charge in [-0.05, 0) is 71.5 Å². The van der Waals surface area contributed by atoms with Crippen molar-refractivity contribution in [3.05, 3.63) is 104 Å². The molecule has 0 unspecified atom stereocenters. The van der Waals surface area contributed by atoms with E-state index in [4.69, 9.17) is 0 Å². The van der Waals surface area contributed by atoms with Crippen LogP contribution < -0.4 is 5.32 Å². The first-order valence-electron chi connectivity index (χ1n) is 9.43. The van der Waals surface area contributed by atoms with E-state index in [9.17, 15) is 9.59 Å². The Balaban J connectivity index is 1.67. The van der Waals surface area contributed by atoms with Crippen molar-refractivity contribution in [2.75, 3.05) is 5.32 Å². The minimum atomic E-state index is -0.308. The number of nitrogens with one attached hydrogen (secondary N) is 1. The number of aryl methyl sites for hydroxylation is 1. The maximum absolute atomic E-state index is 13.2. The lowest BCUT2D eigenvalue weighted by atomic mass is 10.2. The second-order valence-corrected chi connectivity index (χ2v) is 9.26. The molecule has 1 aliphatic rings. The Bertz CT molecular complexity index is 1040. The van der Waals surface area contributed by atoms with Crippen LogP contribution >= 0.6 is 34.4 Å². The maximum Gasteiger partial charge on any atom is 0.278 e. The first-order valence-corrected chi connectivity index (χ1v) is 11.3. The molecule has 1 heterocycles. The van der Waals surface area contributed by atoms with Crippen LogP contribution in [0.3, 0.4) is 0 Å². The molecule has 0 aliphatic carbocycles. The van der Waals surface area contributed by atoms with E-state index >= 15 is 0 Å². The lowest BCUT2D eigenvalue weighted by Gasteiger charge is -2.15. The normalized spacial score (nSPS) is 13.9. The molecular weight excluding hydrogens is 507 g/mol. The van der Waals surface area contributed by atoms with Crippen LogP contribution in [0.1, 0.15) is 11.1 Å². The molecule has 0 bridgehead atoms. The summed E-state index contributed by atoms with van der Waals surface area (Å²) in [5.74, 6) is -0.584. The van der Waals surface area contributed by atoms with Crippen molar-refractivity contribution >= 4 is 51.9 Å². The maximum atomic E-state index is 13.2. The molecule has 0 spiro atoms. The van der Waals surface area contributed by atoms with Gasteiger partial charge in [0.25, 0.3) is 11.8 Å². The minimum absolute atomic E-state index is 0.244. The monoisotopic (exact) mass is 526 g/mol. The Kier molecular flexibility index (Phi) is 6.24. The van der Waals surface area contributed by atoms with Gasteiger partial charge >= 0.3 is 0 Å². The fourth-order valence-corrected chi connectivity index (χ4v) is 4.38. The van der Waals surface area contributed by atoms with Crippen molar-refractivity contribution in [3.63, 3.8) is 0 Å². The molecule has 0 radical (unpaired) electrons.